The molecule has 28 heavy (non-hydrogen) atoms. The summed E-state index contributed by atoms with van der Waals surface area (Å²) in [6.45, 7) is 5.66. The van der Waals surface area contributed by atoms with E-state index in [1.54, 1.807) is 16.8 Å². The molecule has 0 fully saturated rings. The van der Waals surface area contributed by atoms with E-state index in [4.69, 9.17) is 0 Å². The minimum absolute atomic E-state index is 0.0403. The van der Waals surface area contributed by atoms with E-state index in [9.17, 15) is 9.59 Å². The molecular formula is C19H29N7O2. The van der Waals surface area contributed by atoms with Crippen LogP contribution < -0.4 is 0 Å². The molecule has 2 amide bonds. The number of rotatable bonds is 7. The van der Waals surface area contributed by atoms with E-state index in [0.717, 1.165) is 25.0 Å². The van der Waals surface area contributed by atoms with E-state index in [2.05, 4.69) is 20.5 Å². The summed E-state index contributed by atoms with van der Waals surface area (Å²) in [6, 6.07) is 0. The Morgan fingerprint density at radius 3 is 2.68 bits per heavy atom. The molecule has 2 heterocycles. The fraction of sp³-hybridized carbons (Fsp3) is 0.632. The van der Waals surface area contributed by atoms with Crippen LogP contribution in [0.4, 0.5) is 0 Å². The van der Waals surface area contributed by atoms with Crippen molar-refractivity contribution in [3.63, 3.8) is 0 Å². The summed E-state index contributed by atoms with van der Waals surface area (Å²) in [4.78, 5) is 28.2. The largest absolute Gasteiger partial charge is 0.342 e. The van der Waals surface area contributed by atoms with Crippen molar-refractivity contribution in [3.05, 3.63) is 28.8 Å². The first-order valence-corrected chi connectivity index (χ1v) is 10.0. The normalized spacial score (nSPS) is 13.7. The maximum Gasteiger partial charge on any atom is 0.276 e. The zero-order valence-electron chi connectivity index (χ0n) is 16.9. The monoisotopic (exact) mass is 387 g/mol. The van der Waals surface area contributed by atoms with E-state index in [1.165, 1.54) is 35.0 Å². The second-order valence-electron chi connectivity index (χ2n) is 7.22. The van der Waals surface area contributed by atoms with Crippen molar-refractivity contribution in [3.8, 4) is 0 Å². The average Bonchev–Trinajstić information content (AvgIpc) is 3.22. The first kappa shape index (κ1) is 20.0. The van der Waals surface area contributed by atoms with Gasteiger partial charge in [0.15, 0.2) is 5.69 Å². The fourth-order valence-corrected chi connectivity index (χ4v) is 3.64. The number of aryl methyl sites for hydroxylation is 1. The maximum atomic E-state index is 12.7. The van der Waals surface area contributed by atoms with Crippen molar-refractivity contribution in [2.24, 2.45) is 0 Å². The molecule has 0 aliphatic heterocycles. The van der Waals surface area contributed by atoms with Crippen molar-refractivity contribution in [2.45, 2.75) is 59.0 Å². The summed E-state index contributed by atoms with van der Waals surface area (Å²) in [6.07, 6.45) is 7.13. The number of aromatic amines is 1. The number of nitrogens with one attached hydrogen (secondary N) is 1. The van der Waals surface area contributed by atoms with Crippen molar-refractivity contribution < 1.29 is 9.59 Å². The Morgan fingerprint density at radius 1 is 1.18 bits per heavy atom. The lowest BCUT2D eigenvalue weighted by Crippen LogP contribution is -2.33. The average molecular weight is 387 g/mol. The van der Waals surface area contributed by atoms with Crippen LogP contribution in [0.3, 0.4) is 0 Å². The van der Waals surface area contributed by atoms with Gasteiger partial charge in [0.05, 0.1) is 18.4 Å². The molecule has 0 saturated heterocycles. The first-order chi connectivity index (χ1) is 13.5. The van der Waals surface area contributed by atoms with Gasteiger partial charge in [-0.1, -0.05) is 11.6 Å². The third-order valence-corrected chi connectivity index (χ3v) is 5.30. The molecule has 1 aliphatic rings. The second kappa shape index (κ2) is 8.99. The van der Waals surface area contributed by atoms with Gasteiger partial charge in [0.1, 0.15) is 6.54 Å². The summed E-state index contributed by atoms with van der Waals surface area (Å²) in [5.41, 5.74) is 3.62. The van der Waals surface area contributed by atoms with Crippen LogP contribution in [-0.4, -0.2) is 66.9 Å². The van der Waals surface area contributed by atoms with E-state index >= 15 is 0 Å². The van der Waals surface area contributed by atoms with Gasteiger partial charge in [0.2, 0.25) is 5.91 Å². The van der Waals surface area contributed by atoms with Gasteiger partial charge in [0.25, 0.3) is 5.91 Å². The Labute approximate surface area is 165 Å². The van der Waals surface area contributed by atoms with Crippen LogP contribution in [0, 0.1) is 0 Å². The van der Waals surface area contributed by atoms with E-state index in [0.29, 0.717) is 19.6 Å². The first-order valence-electron chi connectivity index (χ1n) is 10.0. The van der Waals surface area contributed by atoms with Crippen LogP contribution in [0.15, 0.2) is 6.20 Å². The predicted molar refractivity (Wildman–Crippen MR) is 104 cm³/mol. The summed E-state index contributed by atoms with van der Waals surface area (Å²) in [5, 5.41) is 15.5. The van der Waals surface area contributed by atoms with Gasteiger partial charge in [-0.3, -0.25) is 14.7 Å². The smallest absolute Gasteiger partial charge is 0.276 e. The lowest BCUT2D eigenvalue weighted by Gasteiger charge is -2.18. The van der Waals surface area contributed by atoms with Gasteiger partial charge >= 0.3 is 0 Å². The third-order valence-electron chi connectivity index (χ3n) is 5.30. The molecular weight excluding hydrogens is 358 g/mol. The highest BCUT2D eigenvalue weighted by Crippen LogP contribution is 2.22. The second-order valence-corrected chi connectivity index (χ2v) is 7.22. The summed E-state index contributed by atoms with van der Waals surface area (Å²) in [5.74, 6) is -0.270. The lowest BCUT2D eigenvalue weighted by atomic mass is 10.1. The number of fused-ring (bicyclic) bond motifs is 1. The molecule has 9 nitrogen and oxygen atoms in total. The van der Waals surface area contributed by atoms with Crippen LogP contribution in [0.2, 0.25) is 0 Å². The molecule has 0 atom stereocenters. The van der Waals surface area contributed by atoms with Crippen LogP contribution in [-0.2, 0) is 30.7 Å². The zero-order valence-corrected chi connectivity index (χ0v) is 16.9. The van der Waals surface area contributed by atoms with Gasteiger partial charge in [-0.05, 0) is 45.1 Å². The minimum atomic E-state index is -0.230. The molecule has 1 aliphatic carbocycles. The molecule has 9 heteroatoms. The number of aromatic nitrogens is 5. The van der Waals surface area contributed by atoms with Crippen molar-refractivity contribution in [1.29, 1.82) is 0 Å². The Bertz CT molecular complexity index is 822. The molecule has 1 N–H and O–H groups in total. The van der Waals surface area contributed by atoms with Crippen LogP contribution in [0.1, 0.15) is 60.5 Å². The molecule has 0 aromatic carbocycles. The van der Waals surface area contributed by atoms with Crippen LogP contribution in [0.5, 0.6) is 0 Å². The quantitative estimate of drug-likeness (QED) is 0.724. The molecule has 3 rings (SSSR count). The number of carbonyl (C=O) groups excluding carboxylic acids is 2. The highest BCUT2D eigenvalue weighted by Gasteiger charge is 2.21. The van der Waals surface area contributed by atoms with Crippen molar-refractivity contribution in [1.82, 2.24) is 35.0 Å². The number of H-pyrrole nitrogens is 1. The van der Waals surface area contributed by atoms with Gasteiger partial charge in [-0.2, -0.15) is 5.10 Å². The van der Waals surface area contributed by atoms with E-state index < -0.39 is 0 Å². The zero-order chi connectivity index (χ0) is 20.1. The van der Waals surface area contributed by atoms with Gasteiger partial charge in [-0.15, -0.1) is 5.10 Å². The molecule has 0 saturated carbocycles. The number of hydrogen-bond donors (Lipinski definition) is 1. The van der Waals surface area contributed by atoms with Crippen molar-refractivity contribution in [2.75, 3.05) is 20.1 Å². The molecule has 152 valence electrons. The molecule has 0 bridgehead atoms. The molecule has 0 spiro atoms. The Hall–Kier alpha value is -2.71. The summed E-state index contributed by atoms with van der Waals surface area (Å²) < 4.78 is 1.42. The van der Waals surface area contributed by atoms with E-state index in [1.807, 2.05) is 13.8 Å². The topological polar surface area (TPSA) is 100 Å². The summed E-state index contributed by atoms with van der Waals surface area (Å²) >= 11 is 0. The number of likely N-dealkylation sites (N-methyl/N-ethyl adjacent to an activating group) is 1. The van der Waals surface area contributed by atoms with E-state index in [-0.39, 0.29) is 24.1 Å². The van der Waals surface area contributed by atoms with Gasteiger partial charge < -0.3 is 9.80 Å². The summed E-state index contributed by atoms with van der Waals surface area (Å²) in [7, 11) is 1.74. The number of carbonyl (C=O) groups is 2. The van der Waals surface area contributed by atoms with Gasteiger partial charge in [-0.25, -0.2) is 4.68 Å². The fourth-order valence-electron chi connectivity index (χ4n) is 3.64. The SMILES string of the molecule is CCN(CC)C(=O)Cn1cc(C(=O)N(C)Cc2n[nH]c3c2CCCCC3)nn1. The maximum absolute atomic E-state index is 12.7. The van der Waals surface area contributed by atoms with Crippen LogP contribution in [0.25, 0.3) is 0 Å². The predicted octanol–water partition coefficient (Wildman–Crippen LogP) is 1.41. The molecule has 2 aromatic rings. The number of nitrogens with zero attached hydrogens (tertiary/aromatic N) is 6. The Balaban J connectivity index is 1.64. The molecule has 2 aromatic heterocycles. The molecule has 0 unspecified atom stereocenters. The van der Waals surface area contributed by atoms with Gasteiger partial charge in [0, 0.05) is 25.8 Å². The Kier molecular flexibility index (Phi) is 6.43. The minimum Gasteiger partial charge on any atom is -0.342 e. The molecule has 0 radical (unpaired) electrons. The standard InChI is InChI=1S/C19H29N7O2/c1-4-25(5-2)18(27)13-26-12-17(22-23-26)19(28)24(3)11-16-14-9-7-6-8-10-15(14)20-21-16/h12H,4-11,13H2,1-3H3,(H,20,21). The number of amides is 2. The Morgan fingerprint density at radius 2 is 1.93 bits per heavy atom. The number of hydrogen-bond acceptors (Lipinski definition) is 5. The van der Waals surface area contributed by atoms with Crippen LogP contribution >= 0.6 is 0 Å². The third kappa shape index (κ3) is 4.40. The lowest BCUT2D eigenvalue weighted by molar-refractivity contribution is -0.131. The van der Waals surface area contributed by atoms with Crippen molar-refractivity contribution >= 4 is 11.8 Å². The highest BCUT2D eigenvalue weighted by molar-refractivity contribution is 5.91. The highest BCUT2D eigenvalue weighted by atomic mass is 16.2.